The third-order valence-electron chi connectivity index (χ3n) is 5.75. The first-order valence-corrected chi connectivity index (χ1v) is 9.60. The van der Waals surface area contributed by atoms with Crippen molar-refractivity contribution < 1.29 is 9.53 Å². The van der Waals surface area contributed by atoms with Gasteiger partial charge in [0.25, 0.3) is 5.91 Å². The molecule has 28 heavy (non-hydrogen) atoms. The molecule has 2 aromatic rings. The molecular weight excluding hydrogens is 354 g/mol. The van der Waals surface area contributed by atoms with Crippen molar-refractivity contribution in [2.45, 2.75) is 25.8 Å². The van der Waals surface area contributed by atoms with Crippen LogP contribution in [0.4, 0.5) is 5.95 Å². The van der Waals surface area contributed by atoms with Gasteiger partial charge in [-0.15, -0.1) is 0 Å². The van der Waals surface area contributed by atoms with E-state index in [-0.39, 0.29) is 11.3 Å². The number of anilines is 1. The van der Waals surface area contributed by atoms with Crippen LogP contribution in [0.1, 0.15) is 40.7 Å². The van der Waals surface area contributed by atoms with Crippen molar-refractivity contribution in [2.75, 3.05) is 31.6 Å². The van der Waals surface area contributed by atoms with Gasteiger partial charge in [-0.25, -0.2) is 9.97 Å². The first-order valence-electron chi connectivity index (χ1n) is 9.60. The summed E-state index contributed by atoms with van der Waals surface area (Å²) in [5.74, 6) is 0.427. The lowest BCUT2D eigenvalue weighted by molar-refractivity contribution is 0.0191. The summed E-state index contributed by atoms with van der Waals surface area (Å²) < 4.78 is 5.47. The Morgan fingerprint density at radius 2 is 1.96 bits per heavy atom. The van der Waals surface area contributed by atoms with Crippen LogP contribution < -0.4 is 5.32 Å². The van der Waals surface area contributed by atoms with Crippen LogP contribution in [-0.2, 0) is 11.3 Å². The molecule has 1 amide bonds. The van der Waals surface area contributed by atoms with Gasteiger partial charge in [-0.1, -0.05) is 18.2 Å². The Bertz CT molecular complexity index is 884. The number of nitrogens with one attached hydrogen (secondary N) is 1. The second-order valence-corrected chi connectivity index (χ2v) is 7.51. The van der Waals surface area contributed by atoms with E-state index in [0.717, 1.165) is 51.1 Å². The second-order valence-electron chi connectivity index (χ2n) is 7.51. The van der Waals surface area contributed by atoms with Crippen molar-refractivity contribution in [3.63, 3.8) is 0 Å². The number of nitrogens with zero attached hydrogens (tertiary/aromatic N) is 4. The molecule has 0 bridgehead atoms. The average molecular weight is 377 g/mol. The fourth-order valence-corrected chi connectivity index (χ4v) is 3.99. The smallest absolute Gasteiger partial charge is 0.257 e. The Kier molecular flexibility index (Phi) is 5.22. The highest BCUT2D eigenvalue weighted by Gasteiger charge is 2.41. The number of likely N-dealkylation sites (tertiary alicyclic amines) is 1. The lowest BCUT2D eigenvalue weighted by Gasteiger charge is -2.33. The molecule has 4 rings (SSSR count). The minimum Gasteiger partial charge on any atom is -0.381 e. The van der Waals surface area contributed by atoms with E-state index >= 15 is 0 Å². The van der Waals surface area contributed by atoms with Gasteiger partial charge in [0.2, 0.25) is 5.95 Å². The van der Waals surface area contributed by atoms with Gasteiger partial charge in [-0.2, -0.15) is 5.26 Å². The zero-order chi connectivity index (χ0) is 19.4. The number of rotatable bonds is 4. The lowest BCUT2D eigenvalue weighted by Crippen LogP contribution is -2.35. The molecule has 0 atom stereocenters. The van der Waals surface area contributed by atoms with Crippen molar-refractivity contribution in [3.8, 4) is 6.07 Å². The number of amides is 1. The minimum absolute atomic E-state index is 0.00950. The van der Waals surface area contributed by atoms with Crippen LogP contribution in [0.25, 0.3) is 0 Å². The van der Waals surface area contributed by atoms with E-state index < -0.39 is 0 Å². The van der Waals surface area contributed by atoms with E-state index in [1.807, 2.05) is 23.1 Å². The summed E-state index contributed by atoms with van der Waals surface area (Å²) in [7, 11) is 0. The average Bonchev–Trinajstić information content (AvgIpc) is 3.16. The van der Waals surface area contributed by atoms with Gasteiger partial charge >= 0.3 is 0 Å². The number of benzene rings is 1. The van der Waals surface area contributed by atoms with Crippen molar-refractivity contribution in [1.29, 1.82) is 5.26 Å². The summed E-state index contributed by atoms with van der Waals surface area (Å²) in [6.07, 6.45) is 6.24. The van der Waals surface area contributed by atoms with Crippen LogP contribution in [0.3, 0.4) is 0 Å². The molecule has 2 aliphatic rings. The molecule has 1 N–H and O–H groups in total. The van der Waals surface area contributed by atoms with Crippen molar-refractivity contribution in [3.05, 3.63) is 53.3 Å². The van der Waals surface area contributed by atoms with Crippen LogP contribution in [0, 0.1) is 16.7 Å². The third kappa shape index (κ3) is 3.82. The highest BCUT2D eigenvalue weighted by Crippen LogP contribution is 2.40. The van der Waals surface area contributed by atoms with Crippen molar-refractivity contribution in [2.24, 2.45) is 5.41 Å². The predicted molar refractivity (Wildman–Crippen MR) is 104 cm³/mol. The normalized spacial score (nSPS) is 18.0. The Balaban J connectivity index is 1.37. The molecule has 0 unspecified atom stereocenters. The maximum absolute atomic E-state index is 12.8. The number of nitriles is 1. The largest absolute Gasteiger partial charge is 0.381 e. The van der Waals surface area contributed by atoms with Gasteiger partial charge in [-0.3, -0.25) is 4.79 Å². The van der Waals surface area contributed by atoms with Crippen molar-refractivity contribution >= 4 is 11.9 Å². The fourth-order valence-electron chi connectivity index (χ4n) is 3.99. The van der Waals surface area contributed by atoms with Crippen LogP contribution in [0.15, 0.2) is 36.7 Å². The number of hydrogen-bond donors (Lipinski definition) is 1. The molecule has 144 valence electrons. The van der Waals surface area contributed by atoms with Crippen LogP contribution in [-0.4, -0.2) is 47.1 Å². The summed E-state index contributed by atoms with van der Waals surface area (Å²) in [6, 6.07) is 9.57. The second kappa shape index (κ2) is 7.95. The molecule has 0 radical (unpaired) electrons. The van der Waals surface area contributed by atoms with Crippen molar-refractivity contribution in [1.82, 2.24) is 14.9 Å². The Labute approximate surface area is 164 Å². The van der Waals surface area contributed by atoms with Gasteiger partial charge in [0.05, 0.1) is 17.2 Å². The number of carbonyl (C=O) groups is 1. The summed E-state index contributed by atoms with van der Waals surface area (Å²) in [5, 5.41) is 12.3. The van der Waals surface area contributed by atoms with Gasteiger partial charge in [-0.05, 0) is 36.3 Å². The van der Waals surface area contributed by atoms with Gasteiger partial charge in [0, 0.05) is 45.2 Å². The van der Waals surface area contributed by atoms with Gasteiger partial charge in [0.1, 0.15) is 0 Å². The number of hydrogen-bond acceptors (Lipinski definition) is 6. The number of aromatic nitrogens is 2. The van der Waals surface area contributed by atoms with Gasteiger partial charge in [0.15, 0.2) is 0 Å². The molecule has 1 spiro atoms. The minimum atomic E-state index is -0.00950. The molecule has 1 aromatic carbocycles. The zero-order valence-electron chi connectivity index (χ0n) is 15.7. The summed E-state index contributed by atoms with van der Waals surface area (Å²) >= 11 is 0. The van der Waals surface area contributed by atoms with Gasteiger partial charge < -0.3 is 15.0 Å². The summed E-state index contributed by atoms with van der Waals surface area (Å²) in [4.78, 5) is 23.3. The predicted octanol–water partition coefficient (Wildman–Crippen LogP) is 2.60. The topological polar surface area (TPSA) is 91.1 Å². The molecule has 7 nitrogen and oxygen atoms in total. The maximum Gasteiger partial charge on any atom is 0.257 e. The Hall–Kier alpha value is -2.98. The first-order chi connectivity index (χ1) is 13.7. The highest BCUT2D eigenvalue weighted by molar-refractivity contribution is 5.94. The molecule has 7 heteroatoms. The Morgan fingerprint density at radius 3 is 2.71 bits per heavy atom. The molecule has 2 fully saturated rings. The molecule has 2 saturated heterocycles. The van der Waals surface area contributed by atoms with Crippen LogP contribution in [0.2, 0.25) is 0 Å². The fraction of sp³-hybridized carbons (Fsp3) is 0.429. The molecule has 0 saturated carbocycles. The standard InChI is InChI=1S/C21H23N5O2/c22-11-16-3-1-2-4-17(16)12-23-20-24-13-18(14-25-20)19(27)26-8-5-21(15-26)6-9-28-10-7-21/h1-4,13-14H,5-10,12,15H2,(H,23,24,25). The maximum atomic E-state index is 12.8. The van der Waals surface area contributed by atoms with E-state index in [9.17, 15) is 4.79 Å². The number of carbonyl (C=O) groups excluding carboxylic acids is 1. The van der Waals surface area contributed by atoms with E-state index in [0.29, 0.717) is 23.6 Å². The molecule has 2 aliphatic heterocycles. The molecule has 3 heterocycles. The summed E-state index contributed by atoms with van der Waals surface area (Å²) in [5.41, 5.74) is 2.24. The van der Waals surface area contributed by atoms with Crippen LogP contribution >= 0.6 is 0 Å². The Morgan fingerprint density at radius 1 is 1.21 bits per heavy atom. The van der Waals surface area contributed by atoms with Crippen LogP contribution in [0.5, 0.6) is 0 Å². The number of ether oxygens (including phenoxy) is 1. The first kappa shape index (κ1) is 18.4. The lowest BCUT2D eigenvalue weighted by atomic mass is 9.80. The van der Waals surface area contributed by atoms with E-state index in [1.54, 1.807) is 18.5 Å². The SMILES string of the molecule is N#Cc1ccccc1CNc1ncc(C(=O)N2CCC3(CCOCC3)C2)cn1. The monoisotopic (exact) mass is 377 g/mol. The van der Waals surface area contributed by atoms with E-state index in [1.165, 1.54) is 0 Å². The van der Waals surface area contributed by atoms with E-state index in [2.05, 4.69) is 21.4 Å². The molecular formula is C21H23N5O2. The molecule has 1 aromatic heterocycles. The van der Waals surface area contributed by atoms with E-state index in [4.69, 9.17) is 10.00 Å². The third-order valence-corrected chi connectivity index (χ3v) is 5.75. The summed E-state index contributed by atoms with van der Waals surface area (Å²) in [6.45, 7) is 3.61. The quantitative estimate of drug-likeness (QED) is 0.881. The molecule has 0 aliphatic carbocycles. The zero-order valence-corrected chi connectivity index (χ0v) is 15.7. The highest BCUT2D eigenvalue weighted by atomic mass is 16.5.